The third-order valence-electron chi connectivity index (χ3n) is 8.53. The number of benzene rings is 4. The van der Waals surface area contributed by atoms with E-state index in [0.29, 0.717) is 5.69 Å². The van der Waals surface area contributed by atoms with Gasteiger partial charge in [-0.3, -0.25) is 9.59 Å². The molecule has 4 aromatic rings. The number of halogens is 3. The van der Waals surface area contributed by atoms with Gasteiger partial charge in [-0.1, -0.05) is 97.1 Å². The minimum Gasteiger partial charge on any atom is -0.451 e. The van der Waals surface area contributed by atoms with E-state index in [1.165, 1.54) is 6.07 Å². The number of carbonyl (C=O) groups is 3. The molecule has 4 aromatic carbocycles. The lowest BCUT2D eigenvalue weighted by atomic mass is 9.88. The molecule has 3 aliphatic rings. The summed E-state index contributed by atoms with van der Waals surface area (Å²) in [5.41, 5.74) is 1.74. The molecule has 2 amide bonds. The minimum atomic E-state index is -4.67. The van der Waals surface area contributed by atoms with E-state index < -0.39 is 59.5 Å². The molecule has 0 N–H and O–H groups in total. The van der Waals surface area contributed by atoms with E-state index in [1.807, 2.05) is 84.9 Å². The molecule has 0 aromatic heterocycles. The van der Waals surface area contributed by atoms with Gasteiger partial charge in [0.2, 0.25) is 11.8 Å². The molecule has 2 fully saturated rings. The lowest BCUT2D eigenvalue weighted by Crippen LogP contribution is -2.49. The zero-order chi connectivity index (χ0) is 30.6. The summed E-state index contributed by atoms with van der Waals surface area (Å²) in [5.74, 6) is -4.30. The SMILES string of the molecule is O=C(OC(c1ccccc1)c1ccccc1)[C@H]1[C@H]2C(=O)N(c3cccc(C(F)(F)F)c3)C(=O)[C@@H]2[C@H]2C=Cc3ccccc3N21. The largest absolute Gasteiger partial charge is 0.451 e. The van der Waals surface area contributed by atoms with E-state index in [-0.39, 0.29) is 5.69 Å². The number of para-hydroxylation sites is 1. The van der Waals surface area contributed by atoms with Crippen LogP contribution >= 0.6 is 0 Å². The van der Waals surface area contributed by atoms with Gasteiger partial charge >= 0.3 is 12.1 Å². The third kappa shape index (κ3) is 4.47. The molecule has 0 spiro atoms. The molecule has 9 heteroatoms. The molecule has 7 rings (SSSR count). The van der Waals surface area contributed by atoms with Crippen molar-refractivity contribution in [2.45, 2.75) is 24.4 Å². The van der Waals surface area contributed by atoms with Crippen LogP contribution in [0.2, 0.25) is 0 Å². The van der Waals surface area contributed by atoms with Gasteiger partial charge in [-0.2, -0.15) is 13.2 Å². The van der Waals surface area contributed by atoms with Crippen LogP contribution < -0.4 is 9.80 Å². The van der Waals surface area contributed by atoms with Crippen molar-refractivity contribution < 1.29 is 32.3 Å². The second kappa shape index (κ2) is 10.5. The number of esters is 1. The highest BCUT2D eigenvalue weighted by atomic mass is 19.4. The van der Waals surface area contributed by atoms with Crippen molar-refractivity contribution in [3.8, 4) is 0 Å². The second-order valence-electron chi connectivity index (χ2n) is 11.0. The highest BCUT2D eigenvalue weighted by molar-refractivity contribution is 6.24. The predicted octanol–water partition coefficient (Wildman–Crippen LogP) is 6.43. The van der Waals surface area contributed by atoms with Gasteiger partial charge in [-0.25, -0.2) is 9.69 Å². The summed E-state index contributed by atoms with van der Waals surface area (Å²) in [6.07, 6.45) is -1.85. The van der Waals surface area contributed by atoms with Crippen molar-refractivity contribution in [1.82, 2.24) is 0 Å². The van der Waals surface area contributed by atoms with Gasteiger partial charge in [-0.05, 0) is 41.0 Å². The van der Waals surface area contributed by atoms with Crippen LogP contribution in [0.4, 0.5) is 24.5 Å². The van der Waals surface area contributed by atoms with Gasteiger partial charge in [0.05, 0.1) is 29.1 Å². The Morgan fingerprint density at radius 3 is 2.02 bits per heavy atom. The average molecular weight is 595 g/mol. The number of anilines is 2. The maximum atomic E-state index is 14.4. The Kier molecular flexibility index (Phi) is 6.61. The van der Waals surface area contributed by atoms with Crippen molar-refractivity contribution >= 4 is 35.2 Å². The smallest absolute Gasteiger partial charge is 0.416 e. The van der Waals surface area contributed by atoms with E-state index in [9.17, 15) is 27.6 Å². The Bertz CT molecular complexity index is 1750. The Morgan fingerprint density at radius 1 is 0.750 bits per heavy atom. The summed E-state index contributed by atoms with van der Waals surface area (Å²) in [4.78, 5) is 45.0. The fourth-order valence-electron chi connectivity index (χ4n) is 6.63. The van der Waals surface area contributed by atoms with Crippen LogP contribution in [-0.4, -0.2) is 29.9 Å². The van der Waals surface area contributed by atoms with Crippen molar-refractivity contribution in [3.05, 3.63) is 138 Å². The molecule has 3 heterocycles. The zero-order valence-corrected chi connectivity index (χ0v) is 23.1. The third-order valence-corrected chi connectivity index (χ3v) is 8.53. The number of nitrogens with zero attached hydrogens (tertiary/aromatic N) is 2. The fraction of sp³-hybridized carbons (Fsp3) is 0.171. The Hall–Kier alpha value is -5.18. The Morgan fingerprint density at radius 2 is 1.36 bits per heavy atom. The van der Waals surface area contributed by atoms with Gasteiger partial charge < -0.3 is 9.64 Å². The highest BCUT2D eigenvalue weighted by Crippen LogP contribution is 2.50. The standard InChI is InChI=1S/C35H25F3N2O4/c36-35(37,38)24-15-9-16-25(20-24)39-32(41)28-27-19-18-21-10-7-8-17-26(21)40(27)30(29(28)33(39)42)34(43)44-31(22-11-3-1-4-12-22)23-13-5-2-6-14-23/h1-20,27-31H/t27-,28-,29+,30-/m1/s1. The summed E-state index contributed by atoms with van der Waals surface area (Å²) >= 11 is 0. The van der Waals surface area contributed by atoms with Crippen molar-refractivity contribution in [3.63, 3.8) is 0 Å². The van der Waals surface area contributed by atoms with Crippen LogP contribution in [0.1, 0.15) is 28.4 Å². The van der Waals surface area contributed by atoms with Crippen LogP contribution in [0.15, 0.2) is 115 Å². The van der Waals surface area contributed by atoms with Gasteiger partial charge in [0.15, 0.2) is 6.10 Å². The first kappa shape index (κ1) is 27.6. The van der Waals surface area contributed by atoms with E-state index in [4.69, 9.17) is 4.74 Å². The van der Waals surface area contributed by atoms with Gasteiger partial charge in [0.25, 0.3) is 0 Å². The number of alkyl halides is 3. The van der Waals surface area contributed by atoms with Crippen LogP contribution in [0.5, 0.6) is 0 Å². The van der Waals surface area contributed by atoms with Crippen molar-refractivity contribution in [2.24, 2.45) is 11.8 Å². The first-order chi connectivity index (χ1) is 21.2. The summed E-state index contributed by atoms with van der Waals surface area (Å²) in [5, 5.41) is 0. The summed E-state index contributed by atoms with van der Waals surface area (Å²) in [6.45, 7) is 0. The average Bonchev–Trinajstić information content (AvgIpc) is 3.52. The van der Waals surface area contributed by atoms with Gasteiger partial charge in [0, 0.05) is 5.69 Å². The molecule has 0 bridgehead atoms. The Balaban J connectivity index is 1.31. The summed E-state index contributed by atoms with van der Waals surface area (Å²) in [6, 6.07) is 27.9. The maximum absolute atomic E-state index is 14.4. The molecule has 220 valence electrons. The lowest BCUT2D eigenvalue weighted by Gasteiger charge is -2.36. The van der Waals surface area contributed by atoms with Crippen molar-refractivity contribution in [2.75, 3.05) is 9.80 Å². The quantitative estimate of drug-likeness (QED) is 0.197. The van der Waals surface area contributed by atoms with E-state index >= 15 is 0 Å². The summed E-state index contributed by atoms with van der Waals surface area (Å²) < 4.78 is 46.9. The van der Waals surface area contributed by atoms with Gasteiger partial charge in [-0.15, -0.1) is 0 Å². The molecular formula is C35H25F3N2O4. The number of rotatable bonds is 5. The second-order valence-corrected chi connectivity index (χ2v) is 11.0. The normalized spacial score (nSPS) is 22.2. The molecule has 6 nitrogen and oxygen atoms in total. The monoisotopic (exact) mass is 594 g/mol. The number of amides is 2. The highest BCUT2D eigenvalue weighted by Gasteiger charge is 2.65. The number of hydrogen-bond acceptors (Lipinski definition) is 5. The van der Waals surface area contributed by atoms with E-state index in [2.05, 4.69) is 0 Å². The van der Waals surface area contributed by atoms with Gasteiger partial charge in [0.1, 0.15) is 6.04 Å². The molecule has 0 radical (unpaired) electrons. The predicted molar refractivity (Wildman–Crippen MR) is 157 cm³/mol. The number of imide groups is 1. The molecule has 2 saturated heterocycles. The van der Waals surface area contributed by atoms with E-state index in [1.54, 1.807) is 17.0 Å². The fourth-order valence-corrected chi connectivity index (χ4v) is 6.63. The van der Waals surface area contributed by atoms with Crippen LogP contribution in [-0.2, 0) is 25.3 Å². The molecule has 0 unspecified atom stereocenters. The number of fused-ring (bicyclic) bond motifs is 5. The first-order valence-electron chi connectivity index (χ1n) is 14.1. The molecule has 44 heavy (non-hydrogen) atoms. The van der Waals surface area contributed by atoms with Crippen LogP contribution in [0.3, 0.4) is 0 Å². The Labute approximate surface area is 251 Å². The first-order valence-corrected chi connectivity index (χ1v) is 14.1. The molecule has 4 atom stereocenters. The van der Waals surface area contributed by atoms with E-state index in [0.717, 1.165) is 39.8 Å². The molecule has 0 saturated carbocycles. The molecular weight excluding hydrogens is 569 g/mol. The zero-order valence-electron chi connectivity index (χ0n) is 23.1. The topological polar surface area (TPSA) is 66.9 Å². The van der Waals surface area contributed by atoms with Crippen LogP contribution in [0, 0.1) is 11.8 Å². The minimum absolute atomic E-state index is 0.186. The summed E-state index contributed by atoms with van der Waals surface area (Å²) in [7, 11) is 0. The van der Waals surface area contributed by atoms with Crippen LogP contribution in [0.25, 0.3) is 6.08 Å². The maximum Gasteiger partial charge on any atom is 0.416 e. The number of carbonyl (C=O) groups excluding carboxylic acids is 3. The number of hydrogen-bond donors (Lipinski definition) is 0. The number of ether oxygens (including phenoxy) is 1. The lowest BCUT2D eigenvalue weighted by molar-refractivity contribution is -0.151. The van der Waals surface area contributed by atoms with Crippen molar-refractivity contribution in [1.29, 1.82) is 0 Å². The molecule has 0 aliphatic carbocycles. The molecule has 3 aliphatic heterocycles.